The molecule has 1 rings (SSSR count). The maximum atomic E-state index is 5.03. The molecule has 0 amide bonds. The van der Waals surface area contributed by atoms with E-state index in [0.29, 0.717) is 0 Å². The molecule has 3 heteroatoms. The molecule has 14 heavy (non-hydrogen) atoms. The fourth-order valence-electron chi connectivity index (χ4n) is 1.95. The number of hydrogen-bond donors (Lipinski definition) is 1. The number of methoxy groups -OCH3 is 1. The molecule has 1 aliphatic heterocycles. The highest BCUT2D eigenvalue weighted by Gasteiger charge is 2.14. The molecule has 0 aromatic carbocycles. The maximum absolute atomic E-state index is 5.03. The lowest BCUT2D eigenvalue weighted by Gasteiger charge is -2.18. The van der Waals surface area contributed by atoms with Gasteiger partial charge in [-0.15, -0.1) is 0 Å². The van der Waals surface area contributed by atoms with Gasteiger partial charge in [0.1, 0.15) is 0 Å². The van der Waals surface area contributed by atoms with Crippen molar-refractivity contribution in [3.8, 4) is 0 Å². The lowest BCUT2D eigenvalue weighted by Crippen LogP contribution is -2.24. The predicted molar refractivity (Wildman–Crippen MR) is 59.6 cm³/mol. The summed E-state index contributed by atoms with van der Waals surface area (Å²) in [5.74, 6) is 0.917. The minimum absolute atomic E-state index is 0.884. The largest absolute Gasteiger partial charge is 0.385 e. The molecule has 0 aromatic heterocycles. The molecule has 0 radical (unpaired) electrons. The number of hydrogen-bond acceptors (Lipinski definition) is 3. The zero-order valence-electron chi connectivity index (χ0n) is 9.59. The fourth-order valence-corrected chi connectivity index (χ4v) is 1.95. The van der Waals surface area contributed by atoms with Gasteiger partial charge in [-0.3, -0.25) is 0 Å². The lowest BCUT2D eigenvalue weighted by atomic mass is 10.1. The van der Waals surface area contributed by atoms with Crippen LogP contribution in [0, 0.1) is 5.92 Å². The van der Waals surface area contributed by atoms with E-state index in [9.17, 15) is 0 Å². The monoisotopic (exact) mass is 200 g/mol. The standard InChI is InChI=1S/C11H24N2O/c1-13(7-3-9-14-2)8-5-11-4-6-12-10-11/h11-12H,3-10H2,1-2H3. The Labute approximate surface area is 87.8 Å². The van der Waals surface area contributed by atoms with E-state index >= 15 is 0 Å². The molecule has 1 saturated heterocycles. The summed E-state index contributed by atoms with van der Waals surface area (Å²) in [6, 6.07) is 0. The number of ether oxygens (including phenoxy) is 1. The van der Waals surface area contributed by atoms with Gasteiger partial charge in [0.15, 0.2) is 0 Å². The van der Waals surface area contributed by atoms with Gasteiger partial charge < -0.3 is 15.0 Å². The molecule has 0 aromatic rings. The van der Waals surface area contributed by atoms with E-state index in [4.69, 9.17) is 4.74 Å². The molecule has 0 saturated carbocycles. The molecule has 0 bridgehead atoms. The molecule has 1 aliphatic rings. The van der Waals surface area contributed by atoms with Crippen LogP contribution in [0.2, 0.25) is 0 Å². The minimum atomic E-state index is 0.884. The molecule has 1 unspecified atom stereocenters. The average Bonchev–Trinajstić information content (AvgIpc) is 2.68. The molecule has 3 nitrogen and oxygen atoms in total. The minimum Gasteiger partial charge on any atom is -0.385 e. The first-order valence-corrected chi connectivity index (χ1v) is 5.71. The Bertz CT molecular complexity index is 135. The van der Waals surface area contributed by atoms with Crippen LogP contribution in [0.5, 0.6) is 0 Å². The van der Waals surface area contributed by atoms with Crippen LogP contribution in [0.3, 0.4) is 0 Å². The van der Waals surface area contributed by atoms with Crippen molar-refractivity contribution in [2.45, 2.75) is 19.3 Å². The molecular formula is C11H24N2O. The van der Waals surface area contributed by atoms with E-state index in [1.807, 2.05) is 0 Å². The summed E-state index contributed by atoms with van der Waals surface area (Å²) in [7, 11) is 3.97. The number of nitrogens with zero attached hydrogens (tertiary/aromatic N) is 1. The van der Waals surface area contributed by atoms with Crippen LogP contribution in [0.4, 0.5) is 0 Å². The van der Waals surface area contributed by atoms with E-state index in [-0.39, 0.29) is 0 Å². The van der Waals surface area contributed by atoms with Gasteiger partial charge in [0.25, 0.3) is 0 Å². The van der Waals surface area contributed by atoms with E-state index in [1.54, 1.807) is 7.11 Å². The number of rotatable bonds is 7. The van der Waals surface area contributed by atoms with Crippen molar-refractivity contribution < 1.29 is 4.74 Å². The maximum Gasteiger partial charge on any atom is 0.0474 e. The van der Waals surface area contributed by atoms with Gasteiger partial charge in [-0.05, 0) is 51.9 Å². The van der Waals surface area contributed by atoms with Gasteiger partial charge >= 0.3 is 0 Å². The molecule has 1 N–H and O–H groups in total. The van der Waals surface area contributed by atoms with Gasteiger partial charge in [-0.25, -0.2) is 0 Å². The predicted octanol–water partition coefficient (Wildman–Crippen LogP) is 0.954. The Hall–Kier alpha value is -0.120. The fraction of sp³-hybridized carbons (Fsp3) is 1.00. The van der Waals surface area contributed by atoms with Crippen LogP contribution in [-0.4, -0.2) is 51.8 Å². The second kappa shape index (κ2) is 7.21. The normalized spacial score (nSPS) is 22.1. The van der Waals surface area contributed by atoms with Gasteiger partial charge in [0, 0.05) is 20.3 Å². The number of nitrogens with one attached hydrogen (secondary N) is 1. The third-order valence-corrected chi connectivity index (χ3v) is 2.97. The average molecular weight is 200 g/mol. The second-order valence-corrected chi connectivity index (χ2v) is 4.30. The second-order valence-electron chi connectivity index (χ2n) is 4.30. The summed E-state index contributed by atoms with van der Waals surface area (Å²) in [6.45, 7) is 5.73. The van der Waals surface area contributed by atoms with Crippen molar-refractivity contribution in [2.24, 2.45) is 5.92 Å². The van der Waals surface area contributed by atoms with Gasteiger partial charge in [0.05, 0.1) is 0 Å². The van der Waals surface area contributed by atoms with Gasteiger partial charge in [0.2, 0.25) is 0 Å². The summed E-state index contributed by atoms with van der Waals surface area (Å²) in [6.07, 6.45) is 3.86. The highest BCUT2D eigenvalue weighted by molar-refractivity contribution is 4.71. The van der Waals surface area contributed by atoms with Crippen molar-refractivity contribution in [3.63, 3.8) is 0 Å². The molecule has 1 heterocycles. The van der Waals surface area contributed by atoms with Crippen LogP contribution < -0.4 is 5.32 Å². The Morgan fingerprint density at radius 2 is 2.29 bits per heavy atom. The van der Waals surface area contributed by atoms with Crippen molar-refractivity contribution in [1.29, 1.82) is 0 Å². The Kier molecular flexibility index (Phi) is 6.15. The van der Waals surface area contributed by atoms with Crippen LogP contribution in [0.15, 0.2) is 0 Å². The first-order chi connectivity index (χ1) is 6.83. The summed E-state index contributed by atoms with van der Waals surface area (Å²) in [5, 5.41) is 3.41. The van der Waals surface area contributed by atoms with Crippen molar-refractivity contribution in [1.82, 2.24) is 10.2 Å². The SMILES string of the molecule is COCCCN(C)CCC1CCNC1. The van der Waals surface area contributed by atoms with Crippen molar-refractivity contribution in [2.75, 3.05) is 46.9 Å². The van der Waals surface area contributed by atoms with Crippen LogP contribution >= 0.6 is 0 Å². The first-order valence-electron chi connectivity index (χ1n) is 5.71. The van der Waals surface area contributed by atoms with Crippen LogP contribution in [0.25, 0.3) is 0 Å². The Balaban J connectivity index is 1.93. The summed E-state index contributed by atoms with van der Waals surface area (Å²) in [5.41, 5.74) is 0. The Morgan fingerprint density at radius 1 is 1.43 bits per heavy atom. The molecule has 84 valence electrons. The van der Waals surface area contributed by atoms with Gasteiger partial charge in [-0.2, -0.15) is 0 Å². The summed E-state index contributed by atoms with van der Waals surface area (Å²) in [4.78, 5) is 2.41. The van der Waals surface area contributed by atoms with E-state index in [0.717, 1.165) is 25.5 Å². The lowest BCUT2D eigenvalue weighted by molar-refractivity contribution is 0.177. The highest BCUT2D eigenvalue weighted by Crippen LogP contribution is 2.12. The third kappa shape index (κ3) is 4.94. The zero-order valence-corrected chi connectivity index (χ0v) is 9.59. The smallest absolute Gasteiger partial charge is 0.0474 e. The summed E-state index contributed by atoms with van der Waals surface area (Å²) < 4.78 is 5.03. The molecular weight excluding hydrogens is 176 g/mol. The van der Waals surface area contributed by atoms with E-state index in [1.165, 1.54) is 32.5 Å². The molecule has 1 atom stereocenters. The van der Waals surface area contributed by atoms with Crippen molar-refractivity contribution >= 4 is 0 Å². The Morgan fingerprint density at radius 3 is 2.93 bits per heavy atom. The van der Waals surface area contributed by atoms with Crippen LogP contribution in [-0.2, 0) is 4.74 Å². The summed E-state index contributed by atoms with van der Waals surface area (Å²) >= 11 is 0. The third-order valence-electron chi connectivity index (χ3n) is 2.97. The topological polar surface area (TPSA) is 24.5 Å². The molecule has 0 spiro atoms. The van der Waals surface area contributed by atoms with E-state index in [2.05, 4.69) is 17.3 Å². The van der Waals surface area contributed by atoms with Crippen LogP contribution in [0.1, 0.15) is 19.3 Å². The first kappa shape index (κ1) is 12.0. The van der Waals surface area contributed by atoms with Gasteiger partial charge in [-0.1, -0.05) is 0 Å². The van der Waals surface area contributed by atoms with Crippen molar-refractivity contribution in [3.05, 3.63) is 0 Å². The zero-order chi connectivity index (χ0) is 10.2. The quantitative estimate of drug-likeness (QED) is 0.619. The highest BCUT2D eigenvalue weighted by atomic mass is 16.5. The van der Waals surface area contributed by atoms with E-state index < -0.39 is 0 Å². The molecule has 1 fully saturated rings. The molecule has 0 aliphatic carbocycles.